The Balaban J connectivity index is 2.55. The maximum Gasteiger partial charge on any atom is 0.270 e. The molecular weight excluding hydrogens is 188 g/mol. The summed E-state index contributed by atoms with van der Waals surface area (Å²) in [6.07, 6.45) is -1.06. The number of benzene rings is 1. The van der Waals surface area contributed by atoms with E-state index in [-0.39, 0.29) is 11.3 Å². The molecule has 14 heavy (non-hydrogen) atoms. The molecule has 0 fully saturated rings. The van der Waals surface area contributed by atoms with E-state index in [1.54, 1.807) is 0 Å². The zero-order valence-corrected chi connectivity index (χ0v) is 6.93. The highest BCUT2D eigenvalue weighted by Crippen LogP contribution is 2.26. The average molecular weight is 194 g/mol. The Hall–Kier alpha value is -1.95. The molecule has 0 aromatic heterocycles. The maximum atomic E-state index is 11.2. The standard InChI is InChI=1S/C8H6N2O4/c11-7-5-2-1-4(10(13)14)3-6(5)8(12)9-7/h1-3,7,11H,(H,9,12). The highest BCUT2D eigenvalue weighted by Gasteiger charge is 2.28. The van der Waals surface area contributed by atoms with Gasteiger partial charge < -0.3 is 10.4 Å². The molecule has 2 N–H and O–H groups in total. The third-order valence-corrected chi connectivity index (χ3v) is 2.05. The lowest BCUT2D eigenvalue weighted by Gasteiger charge is -2.00. The molecular formula is C8H6N2O4. The number of non-ortho nitro benzene ring substituents is 1. The van der Waals surface area contributed by atoms with Crippen LogP contribution in [0.4, 0.5) is 5.69 Å². The van der Waals surface area contributed by atoms with Crippen molar-refractivity contribution in [2.45, 2.75) is 6.23 Å². The molecule has 6 heteroatoms. The van der Waals surface area contributed by atoms with Gasteiger partial charge in [-0.2, -0.15) is 0 Å². The number of aliphatic hydroxyl groups excluding tert-OH is 1. The number of nitrogens with zero attached hydrogens (tertiary/aromatic N) is 1. The van der Waals surface area contributed by atoms with Crippen molar-refractivity contribution < 1.29 is 14.8 Å². The second-order valence-corrected chi connectivity index (χ2v) is 2.90. The summed E-state index contributed by atoms with van der Waals surface area (Å²) in [6, 6.07) is 3.78. The van der Waals surface area contributed by atoms with E-state index < -0.39 is 17.1 Å². The van der Waals surface area contributed by atoms with Gasteiger partial charge in [0.15, 0.2) is 6.23 Å². The second-order valence-electron chi connectivity index (χ2n) is 2.90. The lowest BCUT2D eigenvalue weighted by molar-refractivity contribution is -0.384. The molecule has 1 aliphatic heterocycles. The third kappa shape index (κ3) is 1.12. The Bertz CT molecular complexity index is 429. The van der Waals surface area contributed by atoms with Gasteiger partial charge in [0.25, 0.3) is 11.6 Å². The van der Waals surface area contributed by atoms with Crippen molar-refractivity contribution in [3.05, 3.63) is 39.4 Å². The Kier molecular flexibility index (Phi) is 1.71. The predicted molar refractivity (Wildman–Crippen MR) is 45.5 cm³/mol. The first-order chi connectivity index (χ1) is 6.59. The Labute approximate surface area is 78.3 Å². The van der Waals surface area contributed by atoms with Crippen molar-refractivity contribution >= 4 is 11.6 Å². The molecule has 1 aromatic rings. The molecule has 1 atom stereocenters. The number of aliphatic hydroxyl groups is 1. The number of carbonyl (C=O) groups is 1. The van der Waals surface area contributed by atoms with Crippen LogP contribution in [0.25, 0.3) is 0 Å². The first kappa shape index (κ1) is 8.64. The van der Waals surface area contributed by atoms with Gasteiger partial charge in [-0.15, -0.1) is 0 Å². The second kappa shape index (κ2) is 2.78. The molecule has 0 aliphatic carbocycles. The molecule has 2 rings (SSSR count). The fourth-order valence-electron chi connectivity index (χ4n) is 1.37. The molecule has 0 radical (unpaired) electrons. The van der Waals surface area contributed by atoms with Crippen molar-refractivity contribution in [1.29, 1.82) is 0 Å². The zero-order valence-electron chi connectivity index (χ0n) is 6.93. The van der Waals surface area contributed by atoms with E-state index >= 15 is 0 Å². The van der Waals surface area contributed by atoms with E-state index in [1.165, 1.54) is 12.1 Å². The summed E-state index contributed by atoms with van der Waals surface area (Å²) >= 11 is 0. The summed E-state index contributed by atoms with van der Waals surface area (Å²) in [5.41, 5.74) is 0.375. The lowest BCUT2D eigenvalue weighted by Crippen LogP contribution is -2.18. The highest BCUT2D eigenvalue weighted by molar-refractivity contribution is 5.99. The topological polar surface area (TPSA) is 92.5 Å². The van der Waals surface area contributed by atoms with Gasteiger partial charge in [0.2, 0.25) is 0 Å². The van der Waals surface area contributed by atoms with E-state index in [9.17, 15) is 20.0 Å². The number of fused-ring (bicyclic) bond motifs is 1. The van der Waals surface area contributed by atoms with Crippen LogP contribution in [0.15, 0.2) is 18.2 Å². The number of carbonyl (C=O) groups excluding carboxylic acids is 1. The lowest BCUT2D eigenvalue weighted by atomic mass is 10.1. The zero-order chi connectivity index (χ0) is 10.3. The largest absolute Gasteiger partial charge is 0.369 e. The summed E-state index contributed by atoms with van der Waals surface area (Å²) in [5.74, 6) is -0.490. The Morgan fingerprint density at radius 2 is 2.21 bits per heavy atom. The van der Waals surface area contributed by atoms with Gasteiger partial charge in [-0.05, 0) is 6.07 Å². The van der Waals surface area contributed by atoms with Crippen molar-refractivity contribution in [3.63, 3.8) is 0 Å². The fraction of sp³-hybridized carbons (Fsp3) is 0.125. The van der Waals surface area contributed by atoms with Gasteiger partial charge in [-0.25, -0.2) is 0 Å². The van der Waals surface area contributed by atoms with Gasteiger partial charge in [0.1, 0.15) is 0 Å². The van der Waals surface area contributed by atoms with Crippen LogP contribution in [0.1, 0.15) is 22.1 Å². The quantitative estimate of drug-likeness (QED) is 0.497. The fourth-order valence-corrected chi connectivity index (χ4v) is 1.37. The summed E-state index contributed by atoms with van der Waals surface area (Å²) < 4.78 is 0. The van der Waals surface area contributed by atoms with E-state index in [0.717, 1.165) is 6.07 Å². The van der Waals surface area contributed by atoms with E-state index in [0.29, 0.717) is 5.56 Å². The van der Waals surface area contributed by atoms with Gasteiger partial charge in [-0.1, -0.05) is 0 Å². The van der Waals surface area contributed by atoms with Crippen LogP contribution in [0.2, 0.25) is 0 Å². The Morgan fingerprint density at radius 3 is 2.86 bits per heavy atom. The SMILES string of the molecule is O=C1NC(O)c2ccc([N+](=O)[O-])cc21. The van der Waals surface area contributed by atoms with Crippen LogP contribution in [0, 0.1) is 10.1 Å². The first-order valence-electron chi connectivity index (χ1n) is 3.87. The van der Waals surface area contributed by atoms with Crippen LogP contribution in [-0.2, 0) is 0 Å². The molecule has 0 bridgehead atoms. The van der Waals surface area contributed by atoms with Crippen molar-refractivity contribution in [3.8, 4) is 0 Å². The van der Waals surface area contributed by atoms with E-state index in [1.807, 2.05) is 0 Å². The number of amides is 1. The molecule has 1 heterocycles. The maximum absolute atomic E-state index is 11.2. The molecule has 6 nitrogen and oxygen atoms in total. The predicted octanol–water partition coefficient (Wildman–Crippen LogP) is 0.329. The van der Waals surface area contributed by atoms with Crippen LogP contribution < -0.4 is 5.32 Å². The van der Waals surface area contributed by atoms with Crippen molar-refractivity contribution in [2.24, 2.45) is 0 Å². The van der Waals surface area contributed by atoms with Crippen LogP contribution in [0.3, 0.4) is 0 Å². The molecule has 1 unspecified atom stereocenters. The third-order valence-electron chi connectivity index (χ3n) is 2.05. The normalized spacial score (nSPS) is 18.9. The summed E-state index contributed by atoms with van der Waals surface area (Å²) in [4.78, 5) is 21.0. The molecule has 72 valence electrons. The minimum absolute atomic E-state index is 0.159. The number of nitro benzene ring substituents is 1. The van der Waals surface area contributed by atoms with Crippen molar-refractivity contribution in [2.75, 3.05) is 0 Å². The Morgan fingerprint density at radius 1 is 1.50 bits per heavy atom. The minimum atomic E-state index is -1.06. The monoisotopic (exact) mass is 194 g/mol. The van der Waals surface area contributed by atoms with Gasteiger partial charge >= 0.3 is 0 Å². The number of nitrogens with one attached hydrogen (secondary N) is 1. The van der Waals surface area contributed by atoms with Crippen LogP contribution in [0.5, 0.6) is 0 Å². The number of hydrogen-bond acceptors (Lipinski definition) is 4. The van der Waals surface area contributed by atoms with E-state index in [4.69, 9.17) is 0 Å². The molecule has 0 saturated carbocycles. The summed E-state index contributed by atoms with van der Waals surface area (Å²) in [6.45, 7) is 0. The van der Waals surface area contributed by atoms with Gasteiger partial charge in [-0.3, -0.25) is 14.9 Å². The van der Waals surface area contributed by atoms with Crippen molar-refractivity contribution in [1.82, 2.24) is 5.32 Å². The van der Waals surface area contributed by atoms with Gasteiger partial charge in [0, 0.05) is 17.7 Å². The van der Waals surface area contributed by atoms with Crippen LogP contribution >= 0.6 is 0 Å². The number of nitro groups is 1. The minimum Gasteiger partial charge on any atom is -0.369 e. The number of rotatable bonds is 1. The van der Waals surface area contributed by atoms with Crippen LogP contribution in [-0.4, -0.2) is 15.9 Å². The summed E-state index contributed by atoms with van der Waals surface area (Å²) in [5, 5.41) is 21.9. The smallest absolute Gasteiger partial charge is 0.270 e. The molecule has 1 amide bonds. The molecule has 1 aromatic carbocycles. The average Bonchev–Trinajstić information content (AvgIpc) is 2.42. The first-order valence-corrected chi connectivity index (χ1v) is 3.87. The molecule has 1 aliphatic rings. The van der Waals surface area contributed by atoms with E-state index in [2.05, 4.69) is 5.32 Å². The molecule has 0 saturated heterocycles. The highest BCUT2D eigenvalue weighted by atomic mass is 16.6. The molecule has 0 spiro atoms. The van der Waals surface area contributed by atoms with Gasteiger partial charge in [0.05, 0.1) is 10.5 Å². The number of hydrogen-bond donors (Lipinski definition) is 2. The summed E-state index contributed by atoms with van der Waals surface area (Å²) in [7, 11) is 0.